The summed E-state index contributed by atoms with van der Waals surface area (Å²) < 4.78 is 14.5. The Morgan fingerprint density at radius 2 is 1.37 bits per heavy atom. The van der Waals surface area contributed by atoms with Gasteiger partial charge in [-0.25, -0.2) is 4.39 Å². The molecule has 1 heterocycles. The lowest BCUT2D eigenvalue weighted by Crippen LogP contribution is -1.92. The Labute approximate surface area is 181 Å². The molecule has 1 nitrogen and oxygen atoms in total. The van der Waals surface area contributed by atoms with Gasteiger partial charge in [0.15, 0.2) is 0 Å². The van der Waals surface area contributed by atoms with E-state index in [9.17, 15) is 4.39 Å². The van der Waals surface area contributed by atoms with E-state index in [1.807, 2.05) is 30.5 Å². The summed E-state index contributed by atoms with van der Waals surface area (Å²) >= 11 is 0. The molecule has 1 aromatic heterocycles. The van der Waals surface area contributed by atoms with E-state index in [4.69, 9.17) is 0 Å². The smallest absolute Gasteiger partial charge is 0.131 e. The third-order valence-corrected chi connectivity index (χ3v) is 5.71. The van der Waals surface area contributed by atoms with Crippen molar-refractivity contribution in [2.75, 3.05) is 0 Å². The molecule has 0 radical (unpaired) electrons. The van der Waals surface area contributed by atoms with E-state index in [2.05, 4.69) is 43.1 Å². The Bertz CT molecular complexity index is 897. The summed E-state index contributed by atoms with van der Waals surface area (Å²) in [5.41, 5.74) is 6.01. The summed E-state index contributed by atoms with van der Waals surface area (Å²) in [4.78, 5) is 4.65. The van der Waals surface area contributed by atoms with Gasteiger partial charge < -0.3 is 0 Å². The summed E-state index contributed by atoms with van der Waals surface area (Å²) in [5.74, 6) is -0.144. The number of aromatic nitrogens is 1. The topological polar surface area (TPSA) is 12.9 Å². The van der Waals surface area contributed by atoms with Gasteiger partial charge in [0, 0.05) is 23.0 Å². The maximum atomic E-state index is 14.5. The van der Waals surface area contributed by atoms with E-state index in [0.717, 1.165) is 41.5 Å². The average molecular weight is 404 g/mol. The van der Waals surface area contributed by atoms with Crippen molar-refractivity contribution >= 4 is 0 Å². The zero-order chi connectivity index (χ0) is 21.2. The van der Waals surface area contributed by atoms with Gasteiger partial charge in [-0.05, 0) is 48.1 Å². The Hall–Kier alpha value is -2.48. The number of unbranched alkanes of at least 4 members (excludes halogenated alkanes) is 5. The molecule has 3 rings (SSSR count). The first kappa shape index (κ1) is 22.2. The van der Waals surface area contributed by atoms with Crippen molar-refractivity contribution in [1.29, 1.82) is 0 Å². The van der Waals surface area contributed by atoms with Crippen molar-refractivity contribution in [3.63, 3.8) is 0 Å². The fourth-order valence-corrected chi connectivity index (χ4v) is 3.91. The van der Waals surface area contributed by atoms with Gasteiger partial charge in [-0.2, -0.15) is 0 Å². The fraction of sp³-hybridized carbons (Fsp3) is 0.393. The average Bonchev–Trinajstić information content (AvgIpc) is 2.77. The molecular weight excluding hydrogens is 369 g/mol. The van der Waals surface area contributed by atoms with Crippen molar-refractivity contribution in [3.05, 3.63) is 77.9 Å². The predicted octanol–water partition coefficient (Wildman–Crippen LogP) is 8.41. The molecule has 0 fully saturated rings. The van der Waals surface area contributed by atoms with Gasteiger partial charge in [0.25, 0.3) is 0 Å². The molecule has 0 bridgehead atoms. The summed E-state index contributed by atoms with van der Waals surface area (Å²) in [5, 5.41) is 0. The SMILES string of the molecule is CCCCCCCCc1ccc(-c2ccc(-c3ccc(CCC)cc3F)cc2)cn1. The molecule has 0 N–H and O–H groups in total. The molecule has 0 atom stereocenters. The second kappa shape index (κ2) is 11.6. The van der Waals surface area contributed by atoms with Crippen LogP contribution in [-0.2, 0) is 12.8 Å². The van der Waals surface area contributed by atoms with Crippen LogP contribution in [0.1, 0.15) is 70.1 Å². The first-order valence-corrected chi connectivity index (χ1v) is 11.6. The van der Waals surface area contributed by atoms with E-state index in [-0.39, 0.29) is 5.82 Å². The fourth-order valence-electron chi connectivity index (χ4n) is 3.91. The van der Waals surface area contributed by atoms with Gasteiger partial charge in [-0.3, -0.25) is 4.98 Å². The Morgan fingerprint density at radius 1 is 0.667 bits per heavy atom. The normalized spacial score (nSPS) is 11.0. The van der Waals surface area contributed by atoms with E-state index in [0.29, 0.717) is 5.56 Å². The Kier molecular flexibility index (Phi) is 8.62. The molecule has 2 aromatic carbocycles. The highest BCUT2D eigenvalue weighted by Gasteiger charge is 2.07. The van der Waals surface area contributed by atoms with Crippen LogP contribution in [0.25, 0.3) is 22.3 Å². The summed E-state index contributed by atoms with van der Waals surface area (Å²) in [6.07, 6.45) is 12.8. The van der Waals surface area contributed by atoms with Gasteiger partial charge >= 0.3 is 0 Å². The van der Waals surface area contributed by atoms with Gasteiger partial charge in [0.2, 0.25) is 0 Å². The van der Waals surface area contributed by atoms with E-state index >= 15 is 0 Å². The number of rotatable bonds is 11. The second-order valence-corrected chi connectivity index (χ2v) is 8.20. The van der Waals surface area contributed by atoms with Gasteiger partial charge in [0.1, 0.15) is 5.82 Å². The predicted molar refractivity (Wildman–Crippen MR) is 126 cm³/mol. The minimum Gasteiger partial charge on any atom is -0.261 e. The van der Waals surface area contributed by atoms with Crippen LogP contribution in [0.15, 0.2) is 60.8 Å². The number of aryl methyl sites for hydroxylation is 2. The lowest BCUT2D eigenvalue weighted by Gasteiger charge is -2.08. The Balaban J connectivity index is 1.59. The van der Waals surface area contributed by atoms with Crippen LogP contribution >= 0.6 is 0 Å². The molecule has 0 saturated heterocycles. The quantitative estimate of drug-likeness (QED) is 0.293. The first-order chi connectivity index (χ1) is 14.7. The Morgan fingerprint density at radius 3 is 2.03 bits per heavy atom. The summed E-state index contributed by atoms with van der Waals surface area (Å²) in [7, 11) is 0. The summed E-state index contributed by atoms with van der Waals surface area (Å²) in [6, 6.07) is 18.0. The number of halogens is 1. The monoisotopic (exact) mass is 403 g/mol. The molecular formula is C28H34FN. The van der Waals surface area contributed by atoms with Crippen LogP contribution in [0.3, 0.4) is 0 Å². The molecule has 0 aliphatic heterocycles. The van der Waals surface area contributed by atoms with E-state index in [1.54, 1.807) is 6.07 Å². The lowest BCUT2D eigenvalue weighted by atomic mass is 9.98. The molecule has 30 heavy (non-hydrogen) atoms. The molecule has 0 saturated carbocycles. The molecule has 0 spiro atoms. The first-order valence-electron chi connectivity index (χ1n) is 11.6. The van der Waals surface area contributed by atoms with Crippen LogP contribution in [0, 0.1) is 5.82 Å². The van der Waals surface area contributed by atoms with Crippen molar-refractivity contribution in [3.8, 4) is 22.3 Å². The van der Waals surface area contributed by atoms with Crippen molar-refractivity contribution in [1.82, 2.24) is 4.98 Å². The number of hydrogen-bond donors (Lipinski definition) is 0. The number of benzene rings is 2. The van der Waals surface area contributed by atoms with Crippen LogP contribution in [-0.4, -0.2) is 4.98 Å². The maximum absolute atomic E-state index is 14.5. The second-order valence-electron chi connectivity index (χ2n) is 8.20. The van der Waals surface area contributed by atoms with Crippen LogP contribution in [0.2, 0.25) is 0 Å². The maximum Gasteiger partial charge on any atom is 0.131 e. The molecule has 3 aromatic rings. The number of hydrogen-bond acceptors (Lipinski definition) is 1. The largest absolute Gasteiger partial charge is 0.261 e. The number of nitrogens with zero attached hydrogens (tertiary/aromatic N) is 1. The molecule has 0 amide bonds. The van der Waals surface area contributed by atoms with Gasteiger partial charge in [-0.15, -0.1) is 0 Å². The van der Waals surface area contributed by atoms with Crippen molar-refractivity contribution in [2.24, 2.45) is 0 Å². The zero-order valence-corrected chi connectivity index (χ0v) is 18.5. The van der Waals surface area contributed by atoms with E-state index < -0.39 is 0 Å². The van der Waals surface area contributed by atoms with Crippen LogP contribution in [0.4, 0.5) is 4.39 Å². The lowest BCUT2D eigenvalue weighted by molar-refractivity contribution is 0.605. The molecule has 2 heteroatoms. The van der Waals surface area contributed by atoms with Gasteiger partial charge in [0.05, 0.1) is 0 Å². The van der Waals surface area contributed by atoms with Crippen LogP contribution < -0.4 is 0 Å². The zero-order valence-electron chi connectivity index (χ0n) is 18.5. The highest BCUT2D eigenvalue weighted by molar-refractivity contribution is 5.70. The molecule has 0 aliphatic carbocycles. The highest BCUT2D eigenvalue weighted by atomic mass is 19.1. The minimum absolute atomic E-state index is 0.144. The highest BCUT2D eigenvalue weighted by Crippen LogP contribution is 2.27. The third-order valence-electron chi connectivity index (χ3n) is 5.71. The molecule has 158 valence electrons. The van der Waals surface area contributed by atoms with Crippen LogP contribution in [0.5, 0.6) is 0 Å². The standard InChI is InChI=1S/C28H34FN/c1-3-5-6-7-8-9-11-26-18-17-25(21-30-26)23-13-15-24(16-14-23)27-19-12-22(10-4-2)20-28(27)29/h12-21H,3-11H2,1-2H3. The third kappa shape index (κ3) is 6.26. The van der Waals surface area contributed by atoms with E-state index in [1.165, 1.54) is 44.2 Å². The summed E-state index contributed by atoms with van der Waals surface area (Å²) in [6.45, 7) is 4.36. The molecule has 0 unspecified atom stereocenters. The van der Waals surface area contributed by atoms with Crippen molar-refractivity contribution < 1.29 is 4.39 Å². The molecule has 0 aliphatic rings. The number of pyridine rings is 1. The minimum atomic E-state index is -0.144. The van der Waals surface area contributed by atoms with Crippen molar-refractivity contribution in [2.45, 2.75) is 71.6 Å². The van der Waals surface area contributed by atoms with Gasteiger partial charge in [-0.1, -0.05) is 94.8 Å².